The highest BCUT2D eigenvalue weighted by molar-refractivity contribution is 6.35. The van der Waals surface area contributed by atoms with Gasteiger partial charge in [0.05, 0.1) is 6.33 Å². The summed E-state index contributed by atoms with van der Waals surface area (Å²) in [7, 11) is 0. The van der Waals surface area contributed by atoms with Gasteiger partial charge in [0, 0.05) is 20.8 Å². The number of imidazole rings is 1. The molecule has 2 aromatic heterocycles. The lowest BCUT2D eigenvalue weighted by Crippen LogP contribution is -2.40. The van der Waals surface area contributed by atoms with Gasteiger partial charge in [0.25, 0.3) is 0 Å². The van der Waals surface area contributed by atoms with Crippen molar-refractivity contribution in [2.75, 3.05) is 6.61 Å². The topological polar surface area (TPSA) is 132 Å². The maximum atomic E-state index is 11.7. The molecule has 3 rings (SSSR count). The molecule has 0 aliphatic carbocycles. The number of carbonyl (C=O) groups excluding carboxylic acids is 3. The van der Waals surface area contributed by atoms with Crippen LogP contribution in [0, 0.1) is 0 Å². The van der Waals surface area contributed by atoms with Crippen molar-refractivity contribution < 1.29 is 33.3 Å². The molecular weight excluding hydrogens is 431 g/mol. The van der Waals surface area contributed by atoms with Gasteiger partial charge >= 0.3 is 17.9 Å². The van der Waals surface area contributed by atoms with Crippen LogP contribution < -0.4 is 0 Å². The lowest BCUT2D eigenvalue weighted by molar-refractivity contribution is -0.166. The Bertz CT molecular complexity index is 966. The van der Waals surface area contributed by atoms with Crippen LogP contribution >= 0.6 is 23.2 Å². The zero-order chi connectivity index (χ0) is 21.3. The smallest absolute Gasteiger partial charge is 0.303 e. The Morgan fingerprint density at radius 2 is 1.72 bits per heavy atom. The van der Waals surface area contributed by atoms with Crippen molar-refractivity contribution in [3.8, 4) is 0 Å². The average molecular weight is 447 g/mol. The third kappa shape index (κ3) is 4.57. The normalized spacial score (nSPS) is 23.8. The van der Waals surface area contributed by atoms with Gasteiger partial charge in [-0.15, -0.1) is 0 Å². The number of hydrogen-bond acceptors (Lipinski definition) is 10. The number of hydrogen-bond donors (Lipinski definition) is 0. The molecular formula is C16H16Cl2N4O7. The number of rotatable bonds is 5. The van der Waals surface area contributed by atoms with Crippen molar-refractivity contribution in [3.63, 3.8) is 0 Å². The molecule has 29 heavy (non-hydrogen) atoms. The van der Waals surface area contributed by atoms with Crippen molar-refractivity contribution in [2.24, 2.45) is 0 Å². The molecule has 156 valence electrons. The number of halogens is 2. The van der Waals surface area contributed by atoms with E-state index in [1.165, 1.54) is 31.7 Å². The van der Waals surface area contributed by atoms with Crippen LogP contribution in [-0.2, 0) is 33.3 Å². The Hall–Kier alpha value is -2.50. The fraction of sp³-hybridized carbons (Fsp3) is 0.500. The molecule has 1 aliphatic rings. The quantitative estimate of drug-likeness (QED) is 0.287. The highest BCUT2D eigenvalue weighted by Crippen LogP contribution is 2.36. The summed E-state index contributed by atoms with van der Waals surface area (Å²) in [5, 5.41) is -0.104. The molecule has 0 radical (unpaired) electrons. The molecule has 11 nitrogen and oxygen atoms in total. The van der Waals surface area contributed by atoms with E-state index in [9.17, 15) is 14.4 Å². The average Bonchev–Trinajstić information content (AvgIpc) is 3.15. The first-order valence-electron chi connectivity index (χ1n) is 8.36. The maximum Gasteiger partial charge on any atom is 0.303 e. The van der Waals surface area contributed by atoms with Gasteiger partial charge in [-0.25, -0.2) is 9.97 Å². The predicted molar refractivity (Wildman–Crippen MR) is 97.0 cm³/mol. The standard InChI is InChI=1S/C16H16Cl2N4O7/c1-6(23)26-4-9-11(27-7(2)24)12(28-8(3)25)15(29-9)22-5-19-10-13(17)20-16(18)21-14(10)22/h5,9,11-12,15H,4H2,1-3H3/t9-,11?,12-,15?/m1/s1. The minimum atomic E-state index is -1.08. The van der Waals surface area contributed by atoms with Gasteiger partial charge in [0.2, 0.25) is 5.28 Å². The molecule has 2 aromatic rings. The SMILES string of the molecule is CC(=O)OC[C@H]1OC(n2cnc3c(Cl)nc(Cl)nc32)[C@H](OC(C)=O)C1OC(C)=O. The lowest BCUT2D eigenvalue weighted by atomic mass is 10.1. The highest BCUT2D eigenvalue weighted by atomic mass is 35.5. The van der Waals surface area contributed by atoms with Crippen LogP contribution in [0.4, 0.5) is 0 Å². The molecule has 0 N–H and O–H groups in total. The number of fused-ring (bicyclic) bond motifs is 1. The third-order valence-corrected chi connectivity index (χ3v) is 4.40. The second-order valence-electron chi connectivity index (χ2n) is 6.12. The van der Waals surface area contributed by atoms with Crippen molar-refractivity contribution in [3.05, 3.63) is 16.8 Å². The highest BCUT2D eigenvalue weighted by Gasteiger charge is 2.51. The van der Waals surface area contributed by atoms with Crippen LogP contribution in [0.3, 0.4) is 0 Å². The molecule has 3 heterocycles. The summed E-state index contributed by atoms with van der Waals surface area (Å²) >= 11 is 11.9. The lowest BCUT2D eigenvalue weighted by Gasteiger charge is -2.23. The van der Waals surface area contributed by atoms with Crippen LogP contribution in [0.5, 0.6) is 0 Å². The molecule has 0 amide bonds. The number of carbonyl (C=O) groups is 3. The number of nitrogens with zero attached hydrogens (tertiary/aromatic N) is 4. The van der Waals surface area contributed by atoms with E-state index < -0.39 is 42.4 Å². The molecule has 2 unspecified atom stereocenters. The number of esters is 3. The van der Waals surface area contributed by atoms with E-state index >= 15 is 0 Å². The van der Waals surface area contributed by atoms with Gasteiger partial charge < -0.3 is 18.9 Å². The second-order valence-corrected chi connectivity index (χ2v) is 6.82. The summed E-state index contributed by atoms with van der Waals surface area (Å²) in [6.07, 6.45) is -2.71. The molecule has 1 aliphatic heterocycles. The summed E-state index contributed by atoms with van der Waals surface area (Å²) in [5.41, 5.74) is 0.459. The number of ether oxygens (including phenoxy) is 4. The van der Waals surface area contributed by atoms with Crippen LogP contribution in [0.1, 0.15) is 27.0 Å². The Labute approximate surface area is 174 Å². The van der Waals surface area contributed by atoms with Crippen LogP contribution in [-0.4, -0.2) is 62.3 Å². The van der Waals surface area contributed by atoms with Crippen LogP contribution in [0.15, 0.2) is 6.33 Å². The molecule has 4 atom stereocenters. The van der Waals surface area contributed by atoms with Crippen molar-refractivity contribution in [1.82, 2.24) is 19.5 Å². The largest absolute Gasteiger partial charge is 0.463 e. The third-order valence-electron chi connectivity index (χ3n) is 3.97. The van der Waals surface area contributed by atoms with Gasteiger partial charge in [-0.3, -0.25) is 19.0 Å². The van der Waals surface area contributed by atoms with Gasteiger partial charge in [0.1, 0.15) is 18.2 Å². The Balaban J connectivity index is 2.04. The molecule has 1 saturated heterocycles. The van der Waals surface area contributed by atoms with Gasteiger partial charge in [0.15, 0.2) is 29.2 Å². The summed E-state index contributed by atoms with van der Waals surface area (Å²) in [6, 6.07) is 0. The molecule has 0 spiro atoms. The predicted octanol–water partition coefficient (Wildman–Crippen LogP) is 1.46. The molecule has 1 fully saturated rings. The zero-order valence-electron chi connectivity index (χ0n) is 15.5. The molecule has 13 heteroatoms. The summed E-state index contributed by atoms with van der Waals surface area (Å²) in [5.74, 6) is -1.82. The minimum Gasteiger partial charge on any atom is -0.463 e. The Morgan fingerprint density at radius 3 is 2.34 bits per heavy atom. The van der Waals surface area contributed by atoms with Crippen LogP contribution in [0.2, 0.25) is 10.4 Å². The van der Waals surface area contributed by atoms with E-state index in [-0.39, 0.29) is 28.2 Å². The Morgan fingerprint density at radius 1 is 1.07 bits per heavy atom. The van der Waals surface area contributed by atoms with Crippen molar-refractivity contribution in [2.45, 2.75) is 45.3 Å². The molecule has 0 saturated carbocycles. The first-order valence-corrected chi connectivity index (χ1v) is 9.11. The van der Waals surface area contributed by atoms with E-state index in [2.05, 4.69) is 15.0 Å². The van der Waals surface area contributed by atoms with E-state index in [4.69, 9.17) is 42.1 Å². The second kappa shape index (κ2) is 8.47. The minimum absolute atomic E-state index is 0.0220. The summed E-state index contributed by atoms with van der Waals surface area (Å²) < 4.78 is 23.0. The van der Waals surface area contributed by atoms with E-state index in [1.54, 1.807) is 0 Å². The van der Waals surface area contributed by atoms with Crippen LogP contribution in [0.25, 0.3) is 11.2 Å². The number of aromatic nitrogens is 4. The zero-order valence-corrected chi connectivity index (χ0v) is 17.0. The summed E-state index contributed by atoms with van der Waals surface area (Å²) in [6.45, 7) is 3.38. The van der Waals surface area contributed by atoms with Gasteiger partial charge in [-0.05, 0) is 11.6 Å². The Kier molecular flexibility index (Phi) is 6.20. The van der Waals surface area contributed by atoms with Crippen molar-refractivity contribution in [1.29, 1.82) is 0 Å². The van der Waals surface area contributed by atoms with E-state index in [1.807, 2.05) is 0 Å². The summed E-state index contributed by atoms with van der Waals surface area (Å²) in [4.78, 5) is 46.6. The first-order chi connectivity index (χ1) is 13.7. The van der Waals surface area contributed by atoms with E-state index in [0.29, 0.717) is 0 Å². The van der Waals surface area contributed by atoms with E-state index in [0.717, 1.165) is 0 Å². The fourth-order valence-electron chi connectivity index (χ4n) is 2.96. The van der Waals surface area contributed by atoms with Gasteiger partial charge in [-0.2, -0.15) is 4.98 Å². The monoisotopic (exact) mass is 446 g/mol. The fourth-order valence-corrected chi connectivity index (χ4v) is 3.38. The van der Waals surface area contributed by atoms with Crippen molar-refractivity contribution >= 4 is 52.3 Å². The first kappa shape index (κ1) is 21.2. The maximum absolute atomic E-state index is 11.7. The van der Waals surface area contributed by atoms with Gasteiger partial charge in [-0.1, -0.05) is 11.6 Å². The molecule has 0 aromatic carbocycles. The molecule has 0 bridgehead atoms.